The van der Waals surface area contributed by atoms with Gasteiger partial charge in [-0.15, -0.1) is 0 Å². The Balaban J connectivity index is 2.09. The second-order valence-corrected chi connectivity index (χ2v) is 4.44. The third kappa shape index (κ3) is 1.44. The molecule has 0 amide bonds. The molecule has 4 heteroatoms. The zero-order chi connectivity index (χ0) is 10.3. The Morgan fingerprint density at radius 3 is 2.87 bits per heavy atom. The largest absolute Gasteiger partial charge is 0.369 e. The highest BCUT2D eigenvalue weighted by atomic mass is 16.1. The second-order valence-electron chi connectivity index (χ2n) is 4.44. The first kappa shape index (κ1) is 8.95. The minimum atomic E-state index is -0.204. The van der Waals surface area contributed by atoms with Crippen molar-refractivity contribution in [3.05, 3.63) is 21.7 Å². The van der Waals surface area contributed by atoms with E-state index in [1.54, 1.807) is 0 Å². The van der Waals surface area contributed by atoms with Gasteiger partial charge in [0, 0.05) is 17.8 Å². The first-order chi connectivity index (χ1) is 7.34. The quantitative estimate of drug-likeness (QED) is 0.728. The Morgan fingerprint density at radius 2 is 2.07 bits per heavy atom. The molecule has 3 rings (SSSR count). The zero-order valence-electron chi connectivity index (χ0n) is 8.68. The molecule has 0 atom stereocenters. The molecule has 0 saturated heterocycles. The third-order valence-corrected chi connectivity index (χ3v) is 3.50. The topological polar surface area (TPSA) is 57.8 Å². The van der Waals surface area contributed by atoms with Gasteiger partial charge >= 0.3 is 5.69 Å². The first-order valence-corrected chi connectivity index (χ1v) is 5.71. The normalized spacial score (nSPS) is 20.3. The summed E-state index contributed by atoms with van der Waals surface area (Å²) in [5.41, 5.74) is 2.21. The molecular formula is C11H15N3O. The summed E-state index contributed by atoms with van der Waals surface area (Å²) in [5, 5.41) is 3.17. The van der Waals surface area contributed by atoms with E-state index in [4.69, 9.17) is 0 Å². The number of fused-ring (bicyclic) bond motifs is 1. The number of H-pyrrole nitrogens is 1. The van der Waals surface area contributed by atoms with Gasteiger partial charge in [0.05, 0.1) is 0 Å². The number of aromatic amines is 1. The number of rotatable bonds is 1. The van der Waals surface area contributed by atoms with Crippen molar-refractivity contribution in [3.63, 3.8) is 0 Å². The highest BCUT2D eigenvalue weighted by Gasteiger charge is 2.25. The summed E-state index contributed by atoms with van der Waals surface area (Å²) in [7, 11) is 0. The summed E-state index contributed by atoms with van der Waals surface area (Å²) in [5.74, 6) is 1.38. The van der Waals surface area contributed by atoms with Crippen molar-refractivity contribution in [1.82, 2.24) is 9.97 Å². The number of nitrogens with zero attached hydrogens (tertiary/aromatic N) is 1. The minimum Gasteiger partial charge on any atom is -0.369 e. The van der Waals surface area contributed by atoms with Crippen molar-refractivity contribution in [1.29, 1.82) is 0 Å². The Hall–Kier alpha value is -1.32. The summed E-state index contributed by atoms with van der Waals surface area (Å²) >= 11 is 0. The van der Waals surface area contributed by atoms with Crippen LogP contribution < -0.4 is 11.0 Å². The lowest BCUT2D eigenvalue weighted by Crippen LogP contribution is -2.17. The molecule has 1 aliphatic heterocycles. The molecule has 1 saturated carbocycles. The van der Waals surface area contributed by atoms with Gasteiger partial charge in [-0.3, -0.25) is 0 Å². The molecule has 0 aromatic carbocycles. The number of hydrogen-bond acceptors (Lipinski definition) is 3. The van der Waals surface area contributed by atoms with Crippen LogP contribution in [0.4, 0.5) is 5.82 Å². The minimum absolute atomic E-state index is 0.204. The molecule has 1 aromatic rings. The lowest BCUT2D eigenvalue weighted by atomic mass is 9.98. The highest BCUT2D eigenvalue weighted by Crippen LogP contribution is 2.36. The Bertz CT molecular complexity index is 432. The van der Waals surface area contributed by atoms with Gasteiger partial charge in [0.2, 0.25) is 0 Å². The zero-order valence-corrected chi connectivity index (χ0v) is 8.68. The van der Waals surface area contributed by atoms with Crippen molar-refractivity contribution >= 4 is 5.82 Å². The van der Waals surface area contributed by atoms with Gasteiger partial charge in [-0.25, -0.2) is 4.79 Å². The highest BCUT2D eigenvalue weighted by molar-refractivity contribution is 5.51. The van der Waals surface area contributed by atoms with E-state index in [0.29, 0.717) is 5.92 Å². The predicted octanol–water partition coefficient (Wildman–Crippen LogP) is 1.40. The molecular weight excluding hydrogens is 190 g/mol. The average Bonchev–Trinajstić information content (AvgIpc) is 2.86. The van der Waals surface area contributed by atoms with Gasteiger partial charge in [0.15, 0.2) is 0 Å². The predicted molar refractivity (Wildman–Crippen MR) is 58.3 cm³/mol. The van der Waals surface area contributed by atoms with Crippen molar-refractivity contribution in [3.8, 4) is 0 Å². The summed E-state index contributed by atoms with van der Waals surface area (Å²) in [6.07, 6.45) is 6.01. The van der Waals surface area contributed by atoms with Crippen LogP contribution >= 0.6 is 0 Å². The maximum absolute atomic E-state index is 11.4. The van der Waals surface area contributed by atoms with Crippen LogP contribution in [0.15, 0.2) is 4.79 Å². The van der Waals surface area contributed by atoms with Crippen molar-refractivity contribution in [2.75, 3.05) is 11.9 Å². The monoisotopic (exact) mass is 205 g/mol. The molecule has 80 valence electrons. The maximum Gasteiger partial charge on any atom is 0.347 e. The van der Waals surface area contributed by atoms with Crippen LogP contribution in [0, 0.1) is 0 Å². The summed E-state index contributed by atoms with van der Waals surface area (Å²) in [6, 6.07) is 0. The smallest absolute Gasteiger partial charge is 0.347 e. The van der Waals surface area contributed by atoms with E-state index in [1.165, 1.54) is 31.2 Å². The molecule has 2 aliphatic rings. The van der Waals surface area contributed by atoms with Crippen molar-refractivity contribution < 1.29 is 0 Å². The van der Waals surface area contributed by atoms with Crippen LogP contribution in [0.5, 0.6) is 0 Å². The van der Waals surface area contributed by atoms with Gasteiger partial charge in [-0.05, 0) is 25.2 Å². The van der Waals surface area contributed by atoms with Gasteiger partial charge in [0.25, 0.3) is 0 Å². The van der Waals surface area contributed by atoms with Crippen LogP contribution in [0.1, 0.15) is 42.9 Å². The van der Waals surface area contributed by atoms with Crippen LogP contribution in [0.2, 0.25) is 0 Å². The van der Waals surface area contributed by atoms with Gasteiger partial charge in [0.1, 0.15) is 5.82 Å². The molecule has 1 aromatic heterocycles. The van der Waals surface area contributed by atoms with Crippen molar-refractivity contribution in [2.45, 2.75) is 38.0 Å². The second kappa shape index (κ2) is 3.36. The fourth-order valence-corrected chi connectivity index (χ4v) is 2.78. The number of anilines is 1. The van der Waals surface area contributed by atoms with Crippen LogP contribution in [-0.2, 0) is 6.42 Å². The van der Waals surface area contributed by atoms with E-state index in [0.717, 1.165) is 24.5 Å². The van der Waals surface area contributed by atoms with Gasteiger partial charge in [-0.1, -0.05) is 12.8 Å². The third-order valence-electron chi connectivity index (χ3n) is 3.50. The molecule has 0 spiro atoms. The average molecular weight is 205 g/mol. The molecule has 2 heterocycles. The molecule has 0 bridgehead atoms. The summed E-state index contributed by atoms with van der Waals surface area (Å²) in [4.78, 5) is 18.3. The van der Waals surface area contributed by atoms with Crippen LogP contribution in [-0.4, -0.2) is 16.5 Å². The molecule has 0 radical (unpaired) electrons. The van der Waals surface area contributed by atoms with Gasteiger partial charge in [-0.2, -0.15) is 4.98 Å². The van der Waals surface area contributed by atoms with Crippen molar-refractivity contribution in [2.24, 2.45) is 0 Å². The number of hydrogen-bond donors (Lipinski definition) is 2. The van der Waals surface area contributed by atoms with E-state index in [1.807, 2.05) is 0 Å². The lowest BCUT2D eigenvalue weighted by molar-refractivity contribution is 0.680. The van der Waals surface area contributed by atoms with E-state index in [-0.39, 0.29) is 5.69 Å². The van der Waals surface area contributed by atoms with E-state index in [2.05, 4.69) is 15.3 Å². The number of aromatic nitrogens is 2. The Labute approximate surface area is 88.1 Å². The molecule has 1 fully saturated rings. The van der Waals surface area contributed by atoms with Crippen LogP contribution in [0.3, 0.4) is 0 Å². The van der Waals surface area contributed by atoms with Gasteiger partial charge < -0.3 is 10.3 Å². The molecule has 15 heavy (non-hydrogen) atoms. The SMILES string of the molecule is O=c1nc2c(c(C3CCCC3)[nH]1)CCN2. The number of nitrogens with one attached hydrogen (secondary N) is 2. The van der Waals surface area contributed by atoms with E-state index >= 15 is 0 Å². The first-order valence-electron chi connectivity index (χ1n) is 5.71. The van der Waals surface area contributed by atoms with E-state index in [9.17, 15) is 4.79 Å². The molecule has 4 nitrogen and oxygen atoms in total. The molecule has 0 unspecified atom stereocenters. The fourth-order valence-electron chi connectivity index (χ4n) is 2.78. The fraction of sp³-hybridized carbons (Fsp3) is 0.636. The van der Waals surface area contributed by atoms with E-state index < -0.39 is 0 Å². The Morgan fingerprint density at radius 1 is 1.27 bits per heavy atom. The molecule has 2 N–H and O–H groups in total. The van der Waals surface area contributed by atoms with Crippen LogP contribution in [0.25, 0.3) is 0 Å². The Kier molecular flexibility index (Phi) is 2.01. The lowest BCUT2D eigenvalue weighted by Gasteiger charge is -2.12. The summed E-state index contributed by atoms with van der Waals surface area (Å²) < 4.78 is 0. The summed E-state index contributed by atoms with van der Waals surface area (Å²) in [6.45, 7) is 0.916. The standard InChI is InChI=1S/C11H15N3O/c15-11-13-9(7-3-1-2-4-7)8-5-6-12-10(8)14-11/h7H,1-6H2,(H2,12,13,14,15). The molecule has 1 aliphatic carbocycles. The maximum atomic E-state index is 11.4.